The SMILES string of the molecule is NS(=O)(=O)CCCOc1ccc(F)c(F)c1. The van der Waals surface area contributed by atoms with Gasteiger partial charge in [-0.2, -0.15) is 0 Å². The quantitative estimate of drug-likeness (QED) is 0.794. The normalized spacial score (nSPS) is 11.4. The number of sulfonamides is 1. The Labute approximate surface area is 92.1 Å². The van der Waals surface area contributed by atoms with E-state index in [1.165, 1.54) is 6.07 Å². The molecule has 1 aromatic rings. The number of primary sulfonamides is 1. The van der Waals surface area contributed by atoms with Crippen molar-refractivity contribution in [1.29, 1.82) is 0 Å². The molecule has 0 aliphatic rings. The van der Waals surface area contributed by atoms with E-state index in [1.54, 1.807) is 0 Å². The molecule has 0 unspecified atom stereocenters. The molecule has 0 amide bonds. The number of nitrogens with two attached hydrogens (primary N) is 1. The van der Waals surface area contributed by atoms with Crippen LogP contribution in [0.3, 0.4) is 0 Å². The van der Waals surface area contributed by atoms with Crippen LogP contribution in [-0.2, 0) is 10.0 Å². The van der Waals surface area contributed by atoms with Crippen LogP contribution in [0.15, 0.2) is 18.2 Å². The molecule has 7 heteroatoms. The molecule has 0 atom stereocenters. The first-order valence-corrected chi connectivity index (χ1v) is 6.18. The Morgan fingerprint density at radius 1 is 1.25 bits per heavy atom. The third-order valence-corrected chi connectivity index (χ3v) is 2.59. The summed E-state index contributed by atoms with van der Waals surface area (Å²) in [5, 5.41) is 4.77. The number of ether oxygens (including phenoxy) is 1. The lowest BCUT2D eigenvalue weighted by Gasteiger charge is -2.05. The number of halogens is 2. The van der Waals surface area contributed by atoms with Crippen molar-refractivity contribution in [2.24, 2.45) is 5.14 Å². The molecule has 0 heterocycles. The first kappa shape index (κ1) is 12.9. The second kappa shape index (κ2) is 5.22. The number of hydrogen-bond acceptors (Lipinski definition) is 3. The van der Waals surface area contributed by atoms with Gasteiger partial charge < -0.3 is 4.74 Å². The minimum atomic E-state index is -3.51. The Balaban J connectivity index is 2.41. The minimum absolute atomic E-state index is 0.0709. The summed E-state index contributed by atoms with van der Waals surface area (Å²) in [6, 6.07) is 3.09. The molecule has 0 spiro atoms. The van der Waals surface area contributed by atoms with Crippen molar-refractivity contribution in [2.45, 2.75) is 6.42 Å². The minimum Gasteiger partial charge on any atom is -0.493 e. The lowest BCUT2D eigenvalue weighted by Crippen LogP contribution is -2.18. The van der Waals surface area contributed by atoms with E-state index < -0.39 is 21.7 Å². The van der Waals surface area contributed by atoms with Gasteiger partial charge in [-0.05, 0) is 18.6 Å². The highest BCUT2D eigenvalue weighted by molar-refractivity contribution is 7.89. The van der Waals surface area contributed by atoms with E-state index in [4.69, 9.17) is 9.88 Å². The molecule has 1 rings (SSSR count). The van der Waals surface area contributed by atoms with Gasteiger partial charge in [0.2, 0.25) is 10.0 Å². The zero-order valence-electron chi connectivity index (χ0n) is 8.32. The van der Waals surface area contributed by atoms with Crippen molar-refractivity contribution in [2.75, 3.05) is 12.4 Å². The summed E-state index contributed by atoms with van der Waals surface area (Å²) >= 11 is 0. The van der Waals surface area contributed by atoms with E-state index in [-0.39, 0.29) is 24.5 Å². The van der Waals surface area contributed by atoms with E-state index in [2.05, 4.69) is 0 Å². The van der Waals surface area contributed by atoms with Gasteiger partial charge in [-0.25, -0.2) is 22.3 Å². The Morgan fingerprint density at radius 3 is 2.50 bits per heavy atom. The van der Waals surface area contributed by atoms with Crippen molar-refractivity contribution < 1.29 is 21.9 Å². The molecule has 0 saturated heterocycles. The maximum absolute atomic E-state index is 12.7. The summed E-state index contributed by atoms with van der Waals surface area (Å²) in [5.74, 6) is -2.04. The Kier molecular flexibility index (Phi) is 4.19. The summed E-state index contributed by atoms with van der Waals surface area (Å²) in [5.41, 5.74) is 0. The molecule has 0 bridgehead atoms. The molecule has 4 nitrogen and oxygen atoms in total. The summed E-state index contributed by atoms with van der Waals surface area (Å²) in [7, 11) is -3.51. The molecule has 0 aliphatic carbocycles. The molecular formula is C9H11F2NO3S. The monoisotopic (exact) mass is 251 g/mol. The zero-order valence-corrected chi connectivity index (χ0v) is 9.14. The van der Waals surface area contributed by atoms with Crippen LogP contribution < -0.4 is 9.88 Å². The molecule has 0 radical (unpaired) electrons. The second-order valence-electron chi connectivity index (χ2n) is 3.14. The number of rotatable bonds is 5. The van der Waals surface area contributed by atoms with Crippen LogP contribution in [-0.4, -0.2) is 20.8 Å². The molecule has 0 aromatic heterocycles. The van der Waals surface area contributed by atoms with Crippen molar-refractivity contribution >= 4 is 10.0 Å². The van der Waals surface area contributed by atoms with E-state index in [0.29, 0.717) is 0 Å². The molecule has 0 aliphatic heterocycles. The summed E-state index contributed by atoms with van der Waals surface area (Å²) in [4.78, 5) is 0. The first-order valence-electron chi connectivity index (χ1n) is 4.47. The molecule has 0 fully saturated rings. The maximum Gasteiger partial charge on any atom is 0.209 e. The highest BCUT2D eigenvalue weighted by Gasteiger charge is 2.05. The molecular weight excluding hydrogens is 240 g/mol. The van der Waals surface area contributed by atoms with Crippen LogP contribution in [0.25, 0.3) is 0 Å². The van der Waals surface area contributed by atoms with Crippen LogP contribution in [0, 0.1) is 11.6 Å². The van der Waals surface area contributed by atoms with Crippen LogP contribution in [0.4, 0.5) is 8.78 Å². The zero-order chi connectivity index (χ0) is 12.2. The van der Waals surface area contributed by atoms with E-state index in [9.17, 15) is 17.2 Å². The second-order valence-corrected chi connectivity index (χ2v) is 4.88. The largest absolute Gasteiger partial charge is 0.493 e. The van der Waals surface area contributed by atoms with Crippen molar-refractivity contribution in [1.82, 2.24) is 0 Å². The average molecular weight is 251 g/mol. The standard InChI is InChI=1S/C9H11F2NO3S/c10-8-3-2-7(6-9(8)11)15-4-1-5-16(12,13)14/h2-3,6H,1,4-5H2,(H2,12,13,14). The van der Waals surface area contributed by atoms with Gasteiger partial charge in [0.15, 0.2) is 11.6 Å². The van der Waals surface area contributed by atoms with Gasteiger partial charge in [0.25, 0.3) is 0 Å². The molecule has 90 valence electrons. The van der Waals surface area contributed by atoms with Crippen molar-refractivity contribution in [3.8, 4) is 5.75 Å². The highest BCUT2D eigenvalue weighted by Crippen LogP contribution is 2.15. The fourth-order valence-electron chi connectivity index (χ4n) is 1.02. The topological polar surface area (TPSA) is 69.4 Å². The maximum atomic E-state index is 12.7. The molecule has 2 N–H and O–H groups in total. The predicted octanol–water partition coefficient (Wildman–Crippen LogP) is 1.02. The van der Waals surface area contributed by atoms with E-state index >= 15 is 0 Å². The third-order valence-electron chi connectivity index (χ3n) is 1.73. The van der Waals surface area contributed by atoms with Gasteiger partial charge in [-0.1, -0.05) is 0 Å². The van der Waals surface area contributed by atoms with Crippen LogP contribution in [0.1, 0.15) is 6.42 Å². The van der Waals surface area contributed by atoms with E-state index in [0.717, 1.165) is 12.1 Å². The Bertz CT molecular complexity index is 462. The van der Waals surface area contributed by atoms with Gasteiger partial charge in [-0.15, -0.1) is 0 Å². The summed E-state index contributed by atoms with van der Waals surface area (Å²) in [6.45, 7) is 0.0709. The molecule has 16 heavy (non-hydrogen) atoms. The van der Waals surface area contributed by atoms with Crippen molar-refractivity contribution in [3.05, 3.63) is 29.8 Å². The lowest BCUT2D eigenvalue weighted by molar-refractivity contribution is 0.314. The predicted molar refractivity (Wildman–Crippen MR) is 54.4 cm³/mol. The van der Waals surface area contributed by atoms with Crippen LogP contribution in [0.5, 0.6) is 5.75 Å². The van der Waals surface area contributed by atoms with Crippen molar-refractivity contribution in [3.63, 3.8) is 0 Å². The fourth-order valence-corrected chi connectivity index (χ4v) is 1.54. The molecule has 1 aromatic carbocycles. The average Bonchev–Trinajstić information content (AvgIpc) is 2.17. The number of benzene rings is 1. The van der Waals surface area contributed by atoms with Crippen LogP contribution >= 0.6 is 0 Å². The van der Waals surface area contributed by atoms with Crippen LogP contribution in [0.2, 0.25) is 0 Å². The number of hydrogen-bond donors (Lipinski definition) is 1. The van der Waals surface area contributed by atoms with Gasteiger partial charge in [0.1, 0.15) is 5.75 Å². The van der Waals surface area contributed by atoms with Gasteiger partial charge in [0, 0.05) is 6.07 Å². The summed E-state index contributed by atoms with van der Waals surface area (Å²) in [6.07, 6.45) is 0.192. The third kappa shape index (κ3) is 4.54. The smallest absolute Gasteiger partial charge is 0.209 e. The first-order chi connectivity index (χ1) is 7.38. The van der Waals surface area contributed by atoms with Gasteiger partial charge >= 0.3 is 0 Å². The lowest BCUT2D eigenvalue weighted by atomic mass is 10.3. The molecule has 0 saturated carbocycles. The van der Waals surface area contributed by atoms with Gasteiger partial charge in [-0.3, -0.25) is 0 Å². The highest BCUT2D eigenvalue weighted by atomic mass is 32.2. The van der Waals surface area contributed by atoms with E-state index in [1.807, 2.05) is 0 Å². The van der Waals surface area contributed by atoms with Gasteiger partial charge in [0.05, 0.1) is 12.4 Å². The Morgan fingerprint density at radius 2 is 1.94 bits per heavy atom. The Hall–Kier alpha value is -1.21. The summed E-state index contributed by atoms with van der Waals surface area (Å²) < 4.78 is 51.3. The fraction of sp³-hybridized carbons (Fsp3) is 0.333.